The third kappa shape index (κ3) is 2.56. The molecule has 0 aromatic heterocycles. The van der Waals surface area contributed by atoms with Crippen LogP contribution in [0.4, 0.5) is 5.69 Å². The topological polar surface area (TPSA) is 29.3 Å². The first kappa shape index (κ1) is 11.5. The number of nitrogens with zero attached hydrogens (tertiary/aromatic N) is 1. The standard InChI is InChI=1S/C14H22N2/c1-12-5-2-3-7-14(12)16-9-4-6-13(11-15)8-10-16/h2-3,5,7,13H,4,6,8-11,15H2,1H3. The summed E-state index contributed by atoms with van der Waals surface area (Å²) in [5.74, 6) is 0.731. The molecule has 0 saturated carbocycles. The number of para-hydroxylation sites is 1. The van der Waals surface area contributed by atoms with Crippen molar-refractivity contribution < 1.29 is 0 Å². The summed E-state index contributed by atoms with van der Waals surface area (Å²) < 4.78 is 0. The van der Waals surface area contributed by atoms with Gasteiger partial charge < -0.3 is 10.6 Å². The van der Waals surface area contributed by atoms with E-state index in [1.54, 1.807) is 0 Å². The second-order valence-electron chi connectivity index (χ2n) is 4.81. The lowest BCUT2D eigenvalue weighted by atomic mass is 10.0. The minimum atomic E-state index is 0.731. The molecule has 2 rings (SSSR count). The fourth-order valence-corrected chi connectivity index (χ4v) is 2.56. The lowest BCUT2D eigenvalue weighted by molar-refractivity contribution is 0.485. The zero-order chi connectivity index (χ0) is 11.4. The van der Waals surface area contributed by atoms with Crippen molar-refractivity contribution in [1.82, 2.24) is 0 Å². The van der Waals surface area contributed by atoms with E-state index >= 15 is 0 Å². The Kier molecular flexibility index (Phi) is 3.83. The molecule has 1 saturated heterocycles. The van der Waals surface area contributed by atoms with E-state index in [1.807, 2.05) is 0 Å². The molecule has 2 heteroatoms. The number of benzene rings is 1. The molecule has 1 aliphatic heterocycles. The normalized spacial score (nSPS) is 21.9. The highest BCUT2D eigenvalue weighted by Gasteiger charge is 2.16. The zero-order valence-electron chi connectivity index (χ0n) is 10.2. The third-order valence-electron chi connectivity index (χ3n) is 3.64. The quantitative estimate of drug-likeness (QED) is 0.826. The van der Waals surface area contributed by atoms with Crippen LogP contribution in [-0.4, -0.2) is 19.6 Å². The zero-order valence-corrected chi connectivity index (χ0v) is 10.2. The van der Waals surface area contributed by atoms with E-state index in [0.717, 1.165) is 19.0 Å². The summed E-state index contributed by atoms with van der Waals surface area (Å²) in [6, 6.07) is 8.67. The lowest BCUT2D eigenvalue weighted by Gasteiger charge is -2.24. The lowest BCUT2D eigenvalue weighted by Crippen LogP contribution is -2.25. The first-order chi connectivity index (χ1) is 7.81. The van der Waals surface area contributed by atoms with Crippen molar-refractivity contribution in [2.24, 2.45) is 11.7 Å². The molecule has 0 aliphatic carbocycles. The molecule has 2 N–H and O–H groups in total. The molecule has 1 fully saturated rings. The molecule has 1 aromatic rings. The molecular formula is C14H22N2. The smallest absolute Gasteiger partial charge is 0.0395 e. The van der Waals surface area contributed by atoms with Crippen LogP contribution in [0.3, 0.4) is 0 Å². The van der Waals surface area contributed by atoms with Crippen LogP contribution in [0.2, 0.25) is 0 Å². The van der Waals surface area contributed by atoms with Crippen LogP contribution >= 0.6 is 0 Å². The maximum absolute atomic E-state index is 5.77. The Labute approximate surface area is 98.4 Å². The second kappa shape index (κ2) is 5.35. The number of aryl methyl sites for hydroxylation is 1. The Morgan fingerprint density at radius 1 is 1.25 bits per heavy atom. The van der Waals surface area contributed by atoms with E-state index in [9.17, 15) is 0 Å². The SMILES string of the molecule is Cc1ccccc1N1CCCC(CN)CC1. The van der Waals surface area contributed by atoms with Crippen molar-refractivity contribution in [3.8, 4) is 0 Å². The monoisotopic (exact) mass is 218 g/mol. The molecule has 1 aromatic carbocycles. The largest absolute Gasteiger partial charge is 0.371 e. The van der Waals surface area contributed by atoms with Gasteiger partial charge in [0.05, 0.1) is 0 Å². The average molecular weight is 218 g/mol. The van der Waals surface area contributed by atoms with Crippen LogP contribution < -0.4 is 10.6 Å². The molecule has 0 radical (unpaired) electrons. The molecule has 0 amide bonds. The number of anilines is 1. The summed E-state index contributed by atoms with van der Waals surface area (Å²) in [7, 11) is 0. The number of hydrogen-bond acceptors (Lipinski definition) is 2. The van der Waals surface area contributed by atoms with Crippen LogP contribution in [0.25, 0.3) is 0 Å². The van der Waals surface area contributed by atoms with Gasteiger partial charge in [-0.15, -0.1) is 0 Å². The van der Waals surface area contributed by atoms with Crippen LogP contribution in [-0.2, 0) is 0 Å². The summed E-state index contributed by atoms with van der Waals surface area (Å²) in [6.45, 7) is 5.39. The van der Waals surface area contributed by atoms with Crippen LogP contribution in [0.1, 0.15) is 24.8 Å². The molecule has 1 aliphatic rings. The Balaban J connectivity index is 2.08. The molecule has 88 valence electrons. The molecule has 1 unspecified atom stereocenters. The highest BCUT2D eigenvalue weighted by molar-refractivity contribution is 5.52. The predicted molar refractivity (Wildman–Crippen MR) is 69.8 cm³/mol. The van der Waals surface area contributed by atoms with Crippen molar-refractivity contribution in [2.75, 3.05) is 24.5 Å². The summed E-state index contributed by atoms with van der Waals surface area (Å²) in [5, 5.41) is 0. The summed E-state index contributed by atoms with van der Waals surface area (Å²) in [4.78, 5) is 2.52. The van der Waals surface area contributed by atoms with E-state index in [4.69, 9.17) is 5.73 Å². The van der Waals surface area contributed by atoms with E-state index in [1.165, 1.54) is 37.1 Å². The van der Waals surface area contributed by atoms with Gasteiger partial charge in [0.25, 0.3) is 0 Å². The minimum Gasteiger partial charge on any atom is -0.371 e. The number of rotatable bonds is 2. The van der Waals surface area contributed by atoms with Gasteiger partial charge in [-0.25, -0.2) is 0 Å². The van der Waals surface area contributed by atoms with E-state index < -0.39 is 0 Å². The molecule has 2 nitrogen and oxygen atoms in total. The second-order valence-corrected chi connectivity index (χ2v) is 4.81. The van der Waals surface area contributed by atoms with Gasteiger partial charge in [0, 0.05) is 18.8 Å². The Hall–Kier alpha value is -1.02. The van der Waals surface area contributed by atoms with Crippen LogP contribution in [0, 0.1) is 12.8 Å². The van der Waals surface area contributed by atoms with Crippen LogP contribution in [0.15, 0.2) is 24.3 Å². The molecular weight excluding hydrogens is 196 g/mol. The molecule has 1 atom stereocenters. The first-order valence-corrected chi connectivity index (χ1v) is 6.32. The number of hydrogen-bond donors (Lipinski definition) is 1. The minimum absolute atomic E-state index is 0.731. The van der Waals surface area contributed by atoms with Gasteiger partial charge in [0.15, 0.2) is 0 Å². The summed E-state index contributed by atoms with van der Waals surface area (Å²) >= 11 is 0. The number of nitrogens with two attached hydrogens (primary N) is 1. The third-order valence-corrected chi connectivity index (χ3v) is 3.64. The predicted octanol–water partition coefficient (Wildman–Crippen LogP) is 2.56. The summed E-state index contributed by atoms with van der Waals surface area (Å²) in [6.07, 6.45) is 3.81. The van der Waals surface area contributed by atoms with Gasteiger partial charge >= 0.3 is 0 Å². The van der Waals surface area contributed by atoms with Gasteiger partial charge in [0.1, 0.15) is 0 Å². The Morgan fingerprint density at radius 3 is 2.81 bits per heavy atom. The van der Waals surface area contributed by atoms with Gasteiger partial charge in [-0.05, 0) is 50.3 Å². The van der Waals surface area contributed by atoms with Crippen molar-refractivity contribution in [2.45, 2.75) is 26.2 Å². The summed E-state index contributed by atoms with van der Waals surface area (Å²) in [5.41, 5.74) is 8.55. The molecule has 0 spiro atoms. The van der Waals surface area contributed by atoms with Crippen molar-refractivity contribution >= 4 is 5.69 Å². The maximum Gasteiger partial charge on any atom is 0.0395 e. The highest BCUT2D eigenvalue weighted by atomic mass is 15.1. The van der Waals surface area contributed by atoms with Crippen molar-refractivity contribution in [3.05, 3.63) is 29.8 Å². The van der Waals surface area contributed by atoms with Gasteiger partial charge in [-0.2, -0.15) is 0 Å². The first-order valence-electron chi connectivity index (χ1n) is 6.32. The fraction of sp³-hybridized carbons (Fsp3) is 0.571. The highest BCUT2D eigenvalue weighted by Crippen LogP contribution is 2.24. The molecule has 16 heavy (non-hydrogen) atoms. The molecule has 0 bridgehead atoms. The van der Waals surface area contributed by atoms with Gasteiger partial charge in [-0.3, -0.25) is 0 Å². The maximum atomic E-state index is 5.77. The van der Waals surface area contributed by atoms with E-state index in [0.29, 0.717) is 0 Å². The average Bonchev–Trinajstić information content (AvgIpc) is 2.55. The Morgan fingerprint density at radius 2 is 2.06 bits per heavy atom. The van der Waals surface area contributed by atoms with E-state index in [2.05, 4.69) is 36.1 Å². The van der Waals surface area contributed by atoms with Crippen molar-refractivity contribution in [3.63, 3.8) is 0 Å². The van der Waals surface area contributed by atoms with E-state index in [-0.39, 0.29) is 0 Å². The van der Waals surface area contributed by atoms with Crippen LogP contribution in [0.5, 0.6) is 0 Å². The van der Waals surface area contributed by atoms with Gasteiger partial charge in [-0.1, -0.05) is 18.2 Å². The Bertz CT molecular complexity index is 335. The van der Waals surface area contributed by atoms with Crippen molar-refractivity contribution in [1.29, 1.82) is 0 Å². The van der Waals surface area contributed by atoms with Gasteiger partial charge in [0.2, 0.25) is 0 Å². The molecule has 1 heterocycles. The fourth-order valence-electron chi connectivity index (χ4n) is 2.56.